The Hall–Kier alpha value is -2.34. The van der Waals surface area contributed by atoms with E-state index < -0.39 is 21.2 Å². The van der Waals surface area contributed by atoms with Crippen LogP contribution in [0.4, 0.5) is 0 Å². The highest BCUT2D eigenvalue weighted by atomic mass is 32.2. The van der Waals surface area contributed by atoms with E-state index in [1.165, 1.54) is 0 Å². The SMILES string of the molecule is Cc1ccc(C(=O)NS(=O)(=O)C2CC2)cc1OCc1c(C)cccc1C. The molecule has 1 aliphatic rings. The van der Waals surface area contributed by atoms with Gasteiger partial charge < -0.3 is 4.74 Å². The van der Waals surface area contributed by atoms with E-state index in [1.54, 1.807) is 18.2 Å². The van der Waals surface area contributed by atoms with Crippen LogP contribution in [0, 0.1) is 20.8 Å². The molecule has 0 aromatic heterocycles. The minimum absolute atomic E-state index is 0.274. The number of sulfonamides is 1. The van der Waals surface area contributed by atoms with E-state index in [0.717, 1.165) is 22.3 Å². The Bertz CT molecular complexity index is 926. The molecule has 26 heavy (non-hydrogen) atoms. The first kappa shape index (κ1) is 18.5. The Morgan fingerprint density at radius 2 is 1.73 bits per heavy atom. The summed E-state index contributed by atoms with van der Waals surface area (Å²) in [4.78, 5) is 12.3. The highest BCUT2D eigenvalue weighted by Gasteiger charge is 2.37. The van der Waals surface area contributed by atoms with Crippen molar-refractivity contribution in [2.45, 2.75) is 45.5 Å². The summed E-state index contributed by atoms with van der Waals surface area (Å²) in [7, 11) is -3.56. The largest absolute Gasteiger partial charge is 0.489 e. The summed E-state index contributed by atoms with van der Waals surface area (Å²) >= 11 is 0. The minimum atomic E-state index is -3.56. The van der Waals surface area contributed by atoms with Crippen molar-refractivity contribution < 1.29 is 17.9 Å². The van der Waals surface area contributed by atoms with E-state index >= 15 is 0 Å². The highest BCUT2D eigenvalue weighted by molar-refractivity contribution is 7.91. The van der Waals surface area contributed by atoms with Crippen LogP contribution < -0.4 is 9.46 Å². The van der Waals surface area contributed by atoms with Crippen molar-refractivity contribution >= 4 is 15.9 Å². The topological polar surface area (TPSA) is 72.5 Å². The summed E-state index contributed by atoms with van der Waals surface area (Å²) in [6.45, 7) is 6.35. The first-order chi connectivity index (χ1) is 12.3. The van der Waals surface area contributed by atoms with Gasteiger partial charge in [-0.2, -0.15) is 0 Å². The van der Waals surface area contributed by atoms with Crippen molar-refractivity contribution in [2.75, 3.05) is 0 Å². The van der Waals surface area contributed by atoms with Crippen LogP contribution >= 0.6 is 0 Å². The molecule has 1 N–H and O–H groups in total. The minimum Gasteiger partial charge on any atom is -0.489 e. The van der Waals surface area contributed by atoms with Crippen LogP contribution in [-0.2, 0) is 16.6 Å². The van der Waals surface area contributed by atoms with Gasteiger partial charge in [-0.3, -0.25) is 4.79 Å². The van der Waals surface area contributed by atoms with Gasteiger partial charge in [0.05, 0.1) is 5.25 Å². The predicted molar refractivity (Wildman–Crippen MR) is 101 cm³/mol. The molecular formula is C20H23NO4S. The van der Waals surface area contributed by atoms with Crippen LogP contribution in [0.25, 0.3) is 0 Å². The lowest BCUT2D eigenvalue weighted by Crippen LogP contribution is -2.33. The number of nitrogens with one attached hydrogen (secondary N) is 1. The number of amides is 1. The predicted octanol–water partition coefficient (Wildman–Crippen LogP) is 3.41. The molecule has 1 fully saturated rings. The second-order valence-electron chi connectivity index (χ2n) is 6.81. The Morgan fingerprint density at radius 3 is 2.35 bits per heavy atom. The van der Waals surface area contributed by atoms with E-state index in [1.807, 2.05) is 39.0 Å². The third-order valence-electron chi connectivity index (χ3n) is 4.66. The summed E-state index contributed by atoms with van der Waals surface area (Å²) in [5, 5.41) is -0.434. The van der Waals surface area contributed by atoms with Gasteiger partial charge in [-0.1, -0.05) is 24.3 Å². The Balaban J connectivity index is 1.76. The number of rotatable bonds is 6. The normalized spacial score (nSPS) is 14.1. The maximum absolute atomic E-state index is 12.3. The molecule has 1 amide bonds. The number of benzene rings is 2. The lowest BCUT2D eigenvalue weighted by atomic mass is 10.0. The maximum atomic E-state index is 12.3. The van der Waals surface area contributed by atoms with Gasteiger partial charge in [-0.25, -0.2) is 13.1 Å². The second kappa shape index (κ2) is 7.11. The van der Waals surface area contributed by atoms with E-state index in [-0.39, 0.29) is 5.56 Å². The summed E-state index contributed by atoms with van der Waals surface area (Å²) in [5.41, 5.74) is 4.56. The zero-order valence-electron chi connectivity index (χ0n) is 15.2. The van der Waals surface area contributed by atoms with Crippen molar-refractivity contribution in [3.05, 3.63) is 64.2 Å². The van der Waals surface area contributed by atoms with Gasteiger partial charge in [0, 0.05) is 5.56 Å². The van der Waals surface area contributed by atoms with Crippen molar-refractivity contribution in [3.8, 4) is 5.75 Å². The van der Waals surface area contributed by atoms with Crippen molar-refractivity contribution in [1.82, 2.24) is 4.72 Å². The molecule has 0 spiro atoms. The molecule has 0 unspecified atom stereocenters. The molecule has 1 saturated carbocycles. The van der Waals surface area contributed by atoms with Crippen LogP contribution in [0.3, 0.4) is 0 Å². The molecule has 6 heteroatoms. The fourth-order valence-corrected chi connectivity index (χ4v) is 4.07. The van der Waals surface area contributed by atoms with Gasteiger partial charge in [0.1, 0.15) is 12.4 Å². The number of carbonyl (C=O) groups is 1. The van der Waals surface area contributed by atoms with Gasteiger partial charge in [0.25, 0.3) is 5.91 Å². The molecule has 0 radical (unpaired) electrons. The maximum Gasteiger partial charge on any atom is 0.264 e. The monoisotopic (exact) mass is 373 g/mol. The van der Waals surface area contributed by atoms with Crippen molar-refractivity contribution in [2.24, 2.45) is 0 Å². The third kappa shape index (κ3) is 4.07. The van der Waals surface area contributed by atoms with Crippen molar-refractivity contribution in [3.63, 3.8) is 0 Å². The quantitative estimate of drug-likeness (QED) is 0.842. The van der Waals surface area contributed by atoms with Crippen LogP contribution in [-0.4, -0.2) is 19.6 Å². The second-order valence-corrected chi connectivity index (χ2v) is 8.78. The molecule has 0 bridgehead atoms. The lowest BCUT2D eigenvalue weighted by molar-refractivity contribution is 0.0981. The van der Waals surface area contributed by atoms with Crippen LogP contribution in [0.2, 0.25) is 0 Å². The molecule has 0 atom stereocenters. The number of ether oxygens (including phenoxy) is 1. The Kier molecular flexibility index (Phi) is 5.05. The third-order valence-corrected chi connectivity index (χ3v) is 6.48. The van der Waals surface area contributed by atoms with Crippen LogP contribution in [0.15, 0.2) is 36.4 Å². The molecular weight excluding hydrogens is 350 g/mol. The van der Waals surface area contributed by atoms with E-state index in [9.17, 15) is 13.2 Å². The summed E-state index contributed by atoms with van der Waals surface area (Å²) in [6, 6.07) is 11.0. The van der Waals surface area contributed by atoms with Crippen molar-refractivity contribution in [1.29, 1.82) is 0 Å². The fraction of sp³-hybridized carbons (Fsp3) is 0.350. The molecule has 0 heterocycles. The molecule has 0 saturated heterocycles. The van der Waals surface area contributed by atoms with E-state index in [4.69, 9.17) is 4.74 Å². The molecule has 1 aliphatic carbocycles. The lowest BCUT2D eigenvalue weighted by Gasteiger charge is -2.14. The molecule has 2 aromatic rings. The summed E-state index contributed by atoms with van der Waals surface area (Å²) in [6.07, 6.45) is 1.22. The smallest absolute Gasteiger partial charge is 0.264 e. The number of aryl methyl sites for hydroxylation is 3. The van der Waals surface area contributed by atoms with Crippen LogP contribution in [0.5, 0.6) is 5.75 Å². The highest BCUT2D eigenvalue weighted by Crippen LogP contribution is 2.28. The van der Waals surface area contributed by atoms with Gasteiger partial charge in [-0.05, 0) is 68.0 Å². The number of hydrogen-bond donors (Lipinski definition) is 1. The van der Waals surface area contributed by atoms with E-state index in [0.29, 0.717) is 25.2 Å². The Morgan fingerprint density at radius 1 is 1.08 bits per heavy atom. The first-order valence-electron chi connectivity index (χ1n) is 8.62. The summed E-state index contributed by atoms with van der Waals surface area (Å²) < 4.78 is 32.0. The molecule has 5 nitrogen and oxygen atoms in total. The first-order valence-corrected chi connectivity index (χ1v) is 10.2. The average Bonchev–Trinajstić information content (AvgIpc) is 3.41. The number of hydrogen-bond acceptors (Lipinski definition) is 4. The zero-order chi connectivity index (χ0) is 18.9. The standard InChI is InChI=1S/C20H23NO4S/c1-13-5-4-6-14(2)18(13)12-25-19-11-16(8-7-15(19)3)20(22)21-26(23,24)17-9-10-17/h4-8,11,17H,9-10,12H2,1-3H3,(H,21,22). The molecule has 0 aliphatic heterocycles. The van der Waals surface area contributed by atoms with Gasteiger partial charge in [-0.15, -0.1) is 0 Å². The molecule has 2 aromatic carbocycles. The Labute approximate surface area is 154 Å². The number of carbonyl (C=O) groups excluding carboxylic acids is 1. The average molecular weight is 373 g/mol. The molecule has 138 valence electrons. The van der Waals surface area contributed by atoms with Crippen LogP contribution in [0.1, 0.15) is 45.5 Å². The van der Waals surface area contributed by atoms with Gasteiger partial charge >= 0.3 is 0 Å². The fourth-order valence-electron chi connectivity index (χ4n) is 2.77. The summed E-state index contributed by atoms with van der Waals surface area (Å²) in [5.74, 6) is -0.0436. The van der Waals surface area contributed by atoms with Gasteiger partial charge in [0.15, 0.2) is 0 Å². The molecule has 3 rings (SSSR count). The zero-order valence-corrected chi connectivity index (χ0v) is 16.0. The van der Waals surface area contributed by atoms with Gasteiger partial charge in [0.2, 0.25) is 10.0 Å². The van der Waals surface area contributed by atoms with E-state index in [2.05, 4.69) is 4.72 Å².